The van der Waals surface area contributed by atoms with Crippen molar-refractivity contribution in [3.8, 4) is 17.6 Å². The minimum Gasteiger partial charge on any atom is -0.495 e. The Morgan fingerprint density at radius 1 is 1.29 bits per heavy atom. The molecule has 0 saturated carbocycles. The lowest BCUT2D eigenvalue weighted by atomic mass is 10.1. The molecule has 2 aromatic carbocycles. The molecule has 0 N–H and O–H groups in total. The van der Waals surface area contributed by atoms with E-state index in [1.807, 2.05) is 6.07 Å². The lowest BCUT2D eigenvalue weighted by Crippen LogP contribution is -1.98. The van der Waals surface area contributed by atoms with Gasteiger partial charge in [0.25, 0.3) is 0 Å². The van der Waals surface area contributed by atoms with E-state index in [9.17, 15) is 4.79 Å². The summed E-state index contributed by atoms with van der Waals surface area (Å²) in [4.78, 5) is 10.9. The molecule has 2 aromatic rings. The Hall–Kier alpha value is -2.32. The van der Waals surface area contributed by atoms with E-state index >= 15 is 0 Å². The summed E-state index contributed by atoms with van der Waals surface area (Å²) in [5, 5.41) is 9.04. The Bertz CT molecular complexity index is 707. The molecule has 0 radical (unpaired) electrons. The van der Waals surface area contributed by atoms with Gasteiger partial charge in [-0.25, -0.2) is 0 Å². The molecule has 0 aliphatic carbocycles. The molecule has 5 heteroatoms. The predicted molar refractivity (Wildman–Crippen MR) is 81.6 cm³/mol. The Labute approximate surface area is 131 Å². The van der Waals surface area contributed by atoms with Crippen LogP contribution in [0.1, 0.15) is 21.5 Å². The third kappa shape index (κ3) is 3.61. The smallest absolute Gasteiger partial charge is 0.151 e. The van der Waals surface area contributed by atoms with Crippen LogP contribution in [0.4, 0.5) is 0 Å². The van der Waals surface area contributed by atoms with E-state index in [1.165, 1.54) is 7.11 Å². The molecule has 0 spiro atoms. The minimum atomic E-state index is 0.304. The zero-order chi connectivity index (χ0) is 15.2. The summed E-state index contributed by atoms with van der Waals surface area (Å²) < 4.78 is 11.4. The summed E-state index contributed by atoms with van der Waals surface area (Å²) in [6.45, 7) is 0.304. The number of nitrogens with zero attached hydrogens (tertiary/aromatic N) is 1. The second kappa shape index (κ2) is 6.91. The first-order chi connectivity index (χ1) is 10.2. The molecular formula is C16H12BrNO3. The molecule has 106 valence electrons. The average molecular weight is 346 g/mol. The van der Waals surface area contributed by atoms with Crippen LogP contribution in [0.25, 0.3) is 0 Å². The van der Waals surface area contributed by atoms with Crippen LogP contribution in [0.2, 0.25) is 0 Å². The van der Waals surface area contributed by atoms with Gasteiger partial charge in [-0.05, 0) is 35.9 Å². The van der Waals surface area contributed by atoms with E-state index in [0.29, 0.717) is 29.2 Å². The number of hydrogen-bond acceptors (Lipinski definition) is 4. The zero-order valence-electron chi connectivity index (χ0n) is 11.3. The third-order valence-corrected chi connectivity index (χ3v) is 3.61. The van der Waals surface area contributed by atoms with E-state index < -0.39 is 0 Å². The van der Waals surface area contributed by atoms with Crippen LogP contribution in [-0.4, -0.2) is 13.4 Å². The van der Waals surface area contributed by atoms with Crippen LogP contribution in [0.5, 0.6) is 11.5 Å². The summed E-state index contributed by atoms with van der Waals surface area (Å²) >= 11 is 3.28. The molecule has 2 rings (SSSR count). The molecule has 0 heterocycles. The molecule has 0 amide bonds. The fourth-order valence-corrected chi connectivity index (χ4v) is 2.14. The molecule has 0 fully saturated rings. The van der Waals surface area contributed by atoms with Gasteiger partial charge in [-0.3, -0.25) is 4.79 Å². The normalized spacial score (nSPS) is 9.76. The number of nitriles is 1. The molecule has 0 saturated heterocycles. The van der Waals surface area contributed by atoms with Crippen molar-refractivity contribution in [2.24, 2.45) is 0 Å². The number of hydrogen-bond donors (Lipinski definition) is 0. The Balaban J connectivity index is 2.13. The standard InChI is InChI=1S/C16H12BrNO3/c1-20-16-5-2-11(6-12(16)8-18)10-21-14-3-4-15(17)13(7-14)9-19/h2-7,9H,10H2,1H3. The highest BCUT2D eigenvalue weighted by atomic mass is 79.9. The lowest BCUT2D eigenvalue weighted by Gasteiger charge is -2.09. The number of ether oxygens (including phenoxy) is 2. The van der Waals surface area contributed by atoms with Crippen LogP contribution in [0.3, 0.4) is 0 Å². The van der Waals surface area contributed by atoms with Gasteiger partial charge < -0.3 is 9.47 Å². The summed E-state index contributed by atoms with van der Waals surface area (Å²) in [7, 11) is 1.52. The maximum absolute atomic E-state index is 10.9. The van der Waals surface area contributed by atoms with Crippen molar-refractivity contribution in [1.82, 2.24) is 0 Å². The van der Waals surface area contributed by atoms with Gasteiger partial charge in [-0.1, -0.05) is 22.0 Å². The number of rotatable bonds is 5. The predicted octanol–water partition coefficient (Wildman–Crippen LogP) is 3.72. The number of aldehydes is 1. The number of halogens is 1. The second-order valence-corrected chi connectivity index (χ2v) is 5.09. The fraction of sp³-hybridized carbons (Fsp3) is 0.125. The highest BCUT2D eigenvalue weighted by Crippen LogP contribution is 2.23. The summed E-state index contributed by atoms with van der Waals surface area (Å²) in [5.41, 5.74) is 1.84. The number of benzene rings is 2. The molecule has 0 aliphatic rings. The Morgan fingerprint density at radius 3 is 2.76 bits per heavy atom. The minimum absolute atomic E-state index is 0.304. The summed E-state index contributed by atoms with van der Waals surface area (Å²) in [5.74, 6) is 1.13. The quantitative estimate of drug-likeness (QED) is 0.775. The zero-order valence-corrected chi connectivity index (χ0v) is 12.9. The van der Waals surface area contributed by atoms with Gasteiger partial charge in [0, 0.05) is 10.0 Å². The third-order valence-electron chi connectivity index (χ3n) is 2.88. The first-order valence-electron chi connectivity index (χ1n) is 6.12. The van der Waals surface area contributed by atoms with Crippen LogP contribution in [0.15, 0.2) is 40.9 Å². The topological polar surface area (TPSA) is 59.3 Å². The first-order valence-corrected chi connectivity index (χ1v) is 6.91. The molecule has 0 atom stereocenters. The van der Waals surface area contributed by atoms with E-state index in [0.717, 1.165) is 16.3 Å². The first kappa shape index (κ1) is 15.1. The Morgan fingerprint density at radius 2 is 2.10 bits per heavy atom. The van der Waals surface area contributed by atoms with Crippen LogP contribution < -0.4 is 9.47 Å². The molecule has 21 heavy (non-hydrogen) atoms. The van der Waals surface area contributed by atoms with Crippen molar-refractivity contribution in [2.75, 3.05) is 7.11 Å². The van der Waals surface area contributed by atoms with E-state index in [1.54, 1.807) is 30.3 Å². The van der Waals surface area contributed by atoms with Crippen LogP contribution in [-0.2, 0) is 6.61 Å². The second-order valence-electron chi connectivity index (χ2n) is 4.24. The van der Waals surface area contributed by atoms with Gasteiger partial charge in [0.05, 0.1) is 12.7 Å². The van der Waals surface area contributed by atoms with Crippen molar-refractivity contribution < 1.29 is 14.3 Å². The highest BCUT2D eigenvalue weighted by Gasteiger charge is 2.05. The maximum Gasteiger partial charge on any atom is 0.151 e. The van der Waals surface area contributed by atoms with Crippen molar-refractivity contribution in [1.29, 1.82) is 5.26 Å². The van der Waals surface area contributed by atoms with Crippen molar-refractivity contribution >= 4 is 22.2 Å². The monoisotopic (exact) mass is 345 g/mol. The van der Waals surface area contributed by atoms with Gasteiger partial charge in [-0.15, -0.1) is 0 Å². The largest absolute Gasteiger partial charge is 0.495 e. The summed E-state index contributed by atoms with van der Waals surface area (Å²) in [6.07, 6.45) is 0.762. The summed E-state index contributed by atoms with van der Waals surface area (Å²) in [6, 6.07) is 12.5. The highest BCUT2D eigenvalue weighted by molar-refractivity contribution is 9.10. The maximum atomic E-state index is 10.9. The molecule has 0 aromatic heterocycles. The van der Waals surface area contributed by atoms with E-state index in [-0.39, 0.29) is 0 Å². The Kier molecular flexibility index (Phi) is 4.96. The SMILES string of the molecule is COc1ccc(COc2ccc(Br)c(C=O)c2)cc1C#N. The van der Waals surface area contributed by atoms with Gasteiger partial charge in [0.1, 0.15) is 24.2 Å². The molecule has 4 nitrogen and oxygen atoms in total. The van der Waals surface area contributed by atoms with Crippen molar-refractivity contribution in [2.45, 2.75) is 6.61 Å². The number of methoxy groups -OCH3 is 1. The lowest BCUT2D eigenvalue weighted by molar-refractivity contribution is 0.112. The van der Waals surface area contributed by atoms with Gasteiger partial charge in [-0.2, -0.15) is 5.26 Å². The van der Waals surface area contributed by atoms with Gasteiger partial charge >= 0.3 is 0 Å². The number of carbonyl (C=O) groups excluding carboxylic acids is 1. The van der Waals surface area contributed by atoms with Crippen LogP contribution in [0, 0.1) is 11.3 Å². The number of carbonyl (C=O) groups is 1. The van der Waals surface area contributed by atoms with Crippen LogP contribution >= 0.6 is 15.9 Å². The van der Waals surface area contributed by atoms with E-state index in [2.05, 4.69) is 22.0 Å². The van der Waals surface area contributed by atoms with E-state index in [4.69, 9.17) is 14.7 Å². The molecule has 0 unspecified atom stereocenters. The molecular weight excluding hydrogens is 334 g/mol. The average Bonchev–Trinajstić information content (AvgIpc) is 2.53. The molecule has 0 aliphatic heterocycles. The fourth-order valence-electron chi connectivity index (χ4n) is 1.80. The van der Waals surface area contributed by atoms with Gasteiger partial charge in [0.15, 0.2) is 6.29 Å². The van der Waals surface area contributed by atoms with Crippen molar-refractivity contribution in [3.63, 3.8) is 0 Å². The van der Waals surface area contributed by atoms with Gasteiger partial charge in [0.2, 0.25) is 0 Å². The molecule has 0 bridgehead atoms. The van der Waals surface area contributed by atoms with Crippen molar-refractivity contribution in [3.05, 3.63) is 57.6 Å².